The molecule has 244 valence electrons. The van der Waals surface area contributed by atoms with E-state index in [4.69, 9.17) is 33.2 Å². The van der Waals surface area contributed by atoms with Gasteiger partial charge in [-0.1, -0.05) is 76.4 Å². The molecular weight excluding hydrogens is 520 g/mol. The van der Waals surface area contributed by atoms with E-state index in [1.54, 1.807) is 0 Å². The van der Waals surface area contributed by atoms with Gasteiger partial charge in [-0.3, -0.25) is 0 Å². The van der Waals surface area contributed by atoms with E-state index in [0.29, 0.717) is 79.3 Å². The number of allylic oxidation sites excluding steroid dienone is 2. The number of unbranched alkanes of at least 4 members (excludes halogenated alkanes) is 14. The van der Waals surface area contributed by atoms with Gasteiger partial charge in [0.25, 0.3) is 0 Å². The molecule has 0 saturated carbocycles. The number of hydrogen-bond acceptors (Lipinski definition) is 7. The molecular formula is C34H66O7. The lowest BCUT2D eigenvalue weighted by Gasteiger charge is -2.08. The highest BCUT2D eigenvalue weighted by Crippen LogP contribution is 2.09. The van der Waals surface area contributed by atoms with Gasteiger partial charge in [0, 0.05) is 13.2 Å². The second-order valence-corrected chi connectivity index (χ2v) is 10.4. The summed E-state index contributed by atoms with van der Waals surface area (Å²) in [5.41, 5.74) is 0. The molecule has 0 aromatic heterocycles. The number of rotatable bonds is 38. The Bertz CT molecular complexity index is 448. The van der Waals surface area contributed by atoms with Gasteiger partial charge >= 0.3 is 0 Å². The maximum atomic E-state index is 5.63. The first-order chi connectivity index (χ1) is 20.4. The van der Waals surface area contributed by atoms with Crippen molar-refractivity contribution in [2.45, 2.75) is 103 Å². The van der Waals surface area contributed by atoms with Crippen molar-refractivity contribution in [2.75, 3.05) is 92.5 Å². The Balaban J connectivity index is 3.02. The Labute approximate surface area is 253 Å². The van der Waals surface area contributed by atoms with Crippen molar-refractivity contribution in [3.8, 4) is 0 Å². The largest absolute Gasteiger partial charge is 0.379 e. The van der Waals surface area contributed by atoms with Crippen molar-refractivity contribution in [2.24, 2.45) is 0 Å². The molecule has 0 unspecified atom stereocenters. The molecule has 0 N–H and O–H groups in total. The second-order valence-electron chi connectivity index (χ2n) is 10.4. The summed E-state index contributed by atoms with van der Waals surface area (Å²) in [6.07, 6.45) is 24.3. The lowest BCUT2D eigenvalue weighted by molar-refractivity contribution is -0.0206. The van der Waals surface area contributed by atoms with Crippen LogP contribution in [0.2, 0.25) is 0 Å². The Hall–Kier alpha value is -0.800. The molecule has 0 rings (SSSR count). The van der Waals surface area contributed by atoms with Crippen molar-refractivity contribution < 1.29 is 33.2 Å². The van der Waals surface area contributed by atoms with Crippen LogP contribution in [-0.2, 0) is 33.2 Å². The Morgan fingerprint density at radius 3 is 0.683 bits per heavy atom. The van der Waals surface area contributed by atoms with E-state index in [9.17, 15) is 0 Å². The maximum absolute atomic E-state index is 5.63. The highest BCUT2D eigenvalue weighted by atomic mass is 16.6. The molecule has 0 amide bonds. The van der Waals surface area contributed by atoms with Crippen LogP contribution in [0.1, 0.15) is 103 Å². The van der Waals surface area contributed by atoms with Crippen molar-refractivity contribution in [1.29, 1.82) is 0 Å². The van der Waals surface area contributed by atoms with Gasteiger partial charge in [-0.2, -0.15) is 0 Å². The topological polar surface area (TPSA) is 64.6 Å². The molecule has 0 aliphatic rings. The van der Waals surface area contributed by atoms with Gasteiger partial charge in [0.1, 0.15) is 0 Å². The van der Waals surface area contributed by atoms with Crippen LogP contribution in [0.25, 0.3) is 0 Å². The molecule has 0 aliphatic heterocycles. The SMILES string of the molecule is C=CCCCCCCCCCOCCOCCOCCOCCOCCOCCOCCCCCCCCCC=C. The van der Waals surface area contributed by atoms with E-state index < -0.39 is 0 Å². The summed E-state index contributed by atoms with van der Waals surface area (Å²) in [5, 5.41) is 0. The molecule has 0 aromatic rings. The molecule has 0 aromatic carbocycles. The zero-order valence-corrected chi connectivity index (χ0v) is 26.6. The van der Waals surface area contributed by atoms with Gasteiger partial charge in [-0.15, -0.1) is 13.2 Å². The Kier molecular flexibility index (Phi) is 38.4. The summed E-state index contributed by atoms with van der Waals surface area (Å²) in [7, 11) is 0. The summed E-state index contributed by atoms with van der Waals surface area (Å²) in [6, 6.07) is 0. The first-order valence-electron chi connectivity index (χ1n) is 16.7. The second kappa shape index (κ2) is 39.2. The fraction of sp³-hybridized carbons (Fsp3) is 0.882. The minimum absolute atomic E-state index is 0.560. The molecule has 0 bridgehead atoms. The highest BCUT2D eigenvalue weighted by Gasteiger charge is 1.96. The summed E-state index contributed by atoms with van der Waals surface area (Å²) < 4.78 is 38.9. The van der Waals surface area contributed by atoms with E-state index in [-0.39, 0.29) is 0 Å². The third kappa shape index (κ3) is 39.2. The van der Waals surface area contributed by atoms with Crippen LogP contribution in [0, 0.1) is 0 Å². The summed E-state index contributed by atoms with van der Waals surface area (Å²) in [5.74, 6) is 0. The third-order valence-electron chi connectivity index (χ3n) is 6.63. The van der Waals surface area contributed by atoms with Gasteiger partial charge < -0.3 is 33.2 Å². The molecule has 0 aliphatic carbocycles. The fourth-order valence-corrected chi connectivity index (χ4v) is 4.17. The normalized spacial score (nSPS) is 11.3. The van der Waals surface area contributed by atoms with Crippen molar-refractivity contribution in [3.05, 3.63) is 25.3 Å². The molecule has 0 saturated heterocycles. The smallest absolute Gasteiger partial charge is 0.0701 e. The summed E-state index contributed by atoms with van der Waals surface area (Å²) >= 11 is 0. The average Bonchev–Trinajstić information content (AvgIpc) is 2.98. The fourth-order valence-electron chi connectivity index (χ4n) is 4.17. The van der Waals surface area contributed by atoms with Crippen LogP contribution in [0.5, 0.6) is 0 Å². The minimum Gasteiger partial charge on any atom is -0.379 e. The molecule has 41 heavy (non-hydrogen) atoms. The van der Waals surface area contributed by atoms with Crippen LogP contribution in [-0.4, -0.2) is 92.5 Å². The minimum atomic E-state index is 0.560. The van der Waals surface area contributed by atoms with Crippen molar-refractivity contribution in [1.82, 2.24) is 0 Å². The van der Waals surface area contributed by atoms with E-state index in [0.717, 1.165) is 38.9 Å². The first-order valence-corrected chi connectivity index (χ1v) is 16.7. The monoisotopic (exact) mass is 586 g/mol. The number of ether oxygens (including phenoxy) is 7. The summed E-state index contributed by atoms with van der Waals surface area (Å²) in [4.78, 5) is 0. The van der Waals surface area contributed by atoms with Gasteiger partial charge in [0.2, 0.25) is 0 Å². The molecule has 0 fully saturated rings. The highest BCUT2D eigenvalue weighted by molar-refractivity contribution is 4.65. The zero-order chi connectivity index (χ0) is 29.6. The van der Waals surface area contributed by atoms with Gasteiger partial charge in [-0.25, -0.2) is 0 Å². The van der Waals surface area contributed by atoms with E-state index in [1.165, 1.54) is 77.0 Å². The molecule has 7 nitrogen and oxygen atoms in total. The summed E-state index contributed by atoms with van der Waals surface area (Å²) in [6.45, 7) is 16.3. The molecule has 0 atom stereocenters. The quantitative estimate of drug-likeness (QED) is 0.0542. The van der Waals surface area contributed by atoms with Crippen LogP contribution < -0.4 is 0 Å². The lowest BCUT2D eigenvalue weighted by atomic mass is 10.1. The van der Waals surface area contributed by atoms with Crippen molar-refractivity contribution >= 4 is 0 Å². The van der Waals surface area contributed by atoms with Gasteiger partial charge in [-0.05, 0) is 38.5 Å². The maximum Gasteiger partial charge on any atom is 0.0701 e. The molecule has 0 spiro atoms. The number of hydrogen-bond donors (Lipinski definition) is 0. The predicted octanol–water partition coefficient (Wildman–Crippen LogP) is 7.72. The van der Waals surface area contributed by atoms with Crippen LogP contribution in [0.4, 0.5) is 0 Å². The van der Waals surface area contributed by atoms with Crippen LogP contribution >= 0.6 is 0 Å². The average molecular weight is 587 g/mol. The van der Waals surface area contributed by atoms with Crippen LogP contribution in [0.3, 0.4) is 0 Å². The van der Waals surface area contributed by atoms with E-state index >= 15 is 0 Å². The van der Waals surface area contributed by atoms with Crippen LogP contribution in [0.15, 0.2) is 25.3 Å². The first kappa shape index (κ1) is 40.2. The van der Waals surface area contributed by atoms with E-state index in [1.807, 2.05) is 12.2 Å². The van der Waals surface area contributed by atoms with Crippen molar-refractivity contribution in [3.63, 3.8) is 0 Å². The molecule has 0 radical (unpaired) electrons. The van der Waals surface area contributed by atoms with Gasteiger partial charge in [0.05, 0.1) is 79.3 Å². The Morgan fingerprint density at radius 2 is 0.439 bits per heavy atom. The molecule has 7 heteroatoms. The predicted molar refractivity (Wildman–Crippen MR) is 170 cm³/mol. The zero-order valence-electron chi connectivity index (χ0n) is 26.6. The third-order valence-corrected chi connectivity index (χ3v) is 6.63. The van der Waals surface area contributed by atoms with E-state index in [2.05, 4.69) is 13.2 Å². The lowest BCUT2D eigenvalue weighted by Crippen LogP contribution is -2.14. The standard InChI is InChI=1S/C34H66O7/c1-3-5-7-9-11-13-15-17-19-21-35-23-25-37-27-29-39-31-33-41-34-32-40-30-28-38-26-24-36-22-20-18-16-14-12-10-8-6-4-2/h3-4H,1-2,5-34H2. The van der Waals surface area contributed by atoms with Gasteiger partial charge in [0.15, 0.2) is 0 Å². The Morgan fingerprint density at radius 1 is 0.244 bits per heavy atom. The molecule has 0 heterocycles.